The Balaban J connectivity index is 2.36. The van der Waals surface area contributed by atoms with E-state index in [2.05, 4.69) is 15.9 Å². The van der Waals surface area contributed by atoms with Crippen molar-refractivity contribution in [1.29, 1.82) is 0 Å². The Kier molecular flexibility index (Phi) is 4.58. The quantitative estimate of drug-likeness (QED) is 0.580. The number of carbonyl (C=O) groups is 2. The summed E-state index contributed by atoms with van der Waals surface area (Å²) in [5.41, 5.74) is 0. The van der Waals surface area contributed by atoms with Crippen LogP contribution in [-0.4, -0.2) is 16.8 Å². The normalized spacial score (nSPS) is 20.1. The lowest BCUT2D eigenvalue weighted by molar-refractivity contribution is -0.154. The van der Waals surface area contributed by atoms with Crippen LogP contribution in [-0.2, 0) is 14.3 Å². The summed E-state index contributed by atoms with van der Waals surface area (Å²) < 4.78 is 4.98. The number of halogens is 1. The molecule has 0 radical (unpaired) electrons. The van der Waals surface area contributed by atoms with Crippen LogP contribution in [0.2, 0.25) is 0 Å². The van der Waals surface area contributed by atoms with Gasteiger partial charge in [-0.1, -0.05) is 19.3 Å². The Morgan fingerprint density at radius 2 is 1.86 bits per heavy atom. The molecule has 0 bridgehead atoms. The van der Waals surface area contributed by atoms with Crippen molar-refractivity contribution >= 4 is 27.7 Å². The van der Waals surface area contributed by atoms with Crippen LogP contribution < -0.4 is 0 Å². The number of ketones is 1. The van der Waals surface area contributed by atoms with Crippen molar-refractivity contribution in [3.8, 4) is 0 Å². The highest BCUT2D eigenvalue weighted by Crippen LogP contribution is 2.25. The third-order valence-electron chi connectivity index (χ3n) is 2.48. The van der Waals surface area contributed by atoms with Gasteiger partial charge in [0.25, 0.3) is 0 Å². The molecule has 0 N–H and O–H groups in total. The summed E-state index contributed by atoms with van der Waals surface area (Å²) in [6, 6.07) is 0. The maximum absolute atomic E-state index is 11.5. The van der Waals surface area contributed by atoms with Gasteiger partial charge in [-0.25, -0.2) is 0 Å². The van der Waals surface area contributed by atoms with E-state index >= 15 is 0 Å². The molecule has 0 aromatic carbocycles. The third-order valence-corrected chi connectivity index (χ3v) is 3.31. The third kappa shape index (κ3) is 3.40. The lowest BCUT2D eigenvalue weighted by atomic mass is 9.89. The monoisotopic (exact) mass is 262 g/mol. The second-order valence-electron chi connectivity index (χ2n) is 3.70. The van der Waals surface area contributed by atoms with Gasteiger partial charge in [-0.15, -0.1) is 0 Å². The Hall–Kier alpha value is -0.380. The fourth-order valence-corrected chi connectivity index (χ4v) is 1.80. The van der Waals surface area contributed by atoms with Crippen LogP contribution in [0.15, 0.2) is 0 Å². The fraction of sp³-hybridized carbons (Fsp3) is 0.800. The highest BCUT2D eigenvalue weighted by molar-refractivity contribution is 9.09. The summed E-state index contributed by atoms with van der Waals surface area (Å²) in [5, 5.41) is -0.767. The second kappa shape index (κ2) is 5.49. The van der Waals surface area contributed by atoms with E-state index in [-0.39, 0.29) is 17.7 Å². The van der Waals surface area contributed by atoms with E-state index in [4.69, 9.17) is 4.74 Å². The first-order valence-electron chi connectivity index (χ1n) is 4.96. The van der Waals surface area contributed by atoms with Crippen molar-refractivity contribution in [3.05, 3.63) is 0 Å². The van der Waals surface area contributed by atoms with E-state index in [1.165, 1.54) is 13.3 Å². The number of hydrogen-bond acceptors (Lipinski definition) is 3. The molecule has 0 spiro atoms. The summed E-state index contributed by atoms with van der Waals surface area (Å²) in [7, 11) is 0. The summed E-state index contributed by atoms with van der Waals surface area (Å²) in [6.07, 6.45) is 5.18. The Morgan fingerprint density at radius 1 is 1.29 bits per heavy atom. The number of esters is 1. The van der Waals surface area contributed by atoms with Crippen molar-refractivity contribution in [1.82, 2.24) is 0 Å². The molecule has 0 aromatic rings. The minimum absolute atomic E-state index is 0.00292. The molecule has 14 heavy (non-hydrogen) atoms. The molecule has 1 unspecified atom stereocenters. The van der Waals surface area contributed by atoms with Crippen LogP contribution in [0.25, 0.3) is 0 Å². The van der Waals surface area contributed by atoms with Crippen LogP contribution >= 0.6 is 15.9 Å². The van der Waals surface area contributed by atoms with Gasteiger partial charge in [-0.2, -0.15) is 0 Å². The maximum Gasteiger partial charge on any atom is 0.310 e. The van der Waals surface area contributed by atoms with E-state index in [1.807, 2.05) is 0 Å². The minimum Gasteiger partial charge on any atom is -0.442 e. The Morgan fingerprint density at radius 3 is 2.36 bits per heavy atom. The summed E-state index contributed by atoms with van der Waals surface area (Å²) >= 11 is 3.02. The number of Topliss-reactive ketones (excluding diaryl/α,β-unsaturated/α-hetero) is 1. The topological polar surface area (TPSA) is 43.4 Å². The maximum atomic E-state index is 11.5. The summed E-state index contributed by atoms with van der Waals surface area (Å²) in [6.45, 7) is 1.40. The molecule has 0 amide bonds. The zero-order valence-electron chi connectivity index (χ0n) is 8.29. The van der Waals surface area contributed by atoms with Crippen molar-refractivity contribution in [2.75, 3.05) is 0 Å². The summed E-state index contributed by atoms with van der Waals surface area (Å²) in [5.74, 6) is -0.404. The van der Waals surface area contributed by atoms with Crippen LogP contribution in [0.4, 0.5) is 0 Å². The molecule has 3 nitrogen and oxygen atoms in total. The molecule has 4 heteroatoms. The lowest BCUT2D eigenvalue weighted by Crippen LogP contribution is -2.26. The number of alkyl halides is 1. The fourth-order valence-electron chi connectivity index (χ4n) is 1.62. The van der Waals surface area contributed by atoms with Gasteiger partial charge < -0.3 is 4.74 Å². The van der Waals surface area contributed by atoms with Crippen molar-refractivity contribution in [2.24, 2.45) is 5.92 Å². The lowest BCUT2D eigenvalue weighted by Gasteiger charge is -2.20. The van der Waals surface area contributed by atoms with Crippen LogP contribution in [0, 0.1) is 5.92 Å². The molecule has 80 valence electrons. The molecule has 1 saturated carbocycles. The van der Waals surface area contributed by atoms with Crippen molar-refractivity contribution < 1.29 is 14.3 Å². The van der Waals surface area contributed by atoms with E-state index in [0.717, 1.165) is 25.7 Å². The minimum atomic E-state index is -0.767. The molecule has 1 fully saturated rings. The van der Waals surface area contributed by atoms with Gasteiger partial charge in [0, 0.05) is 0 Å². The number of carbonyl (C=O) groups excluding carboxylic acids is 2. The SMILES string of the molecule is CC(=O)C(Br)OC(=O)C1CCCCC1. The first-order chi connectivity index (χ1) is 6.61. The second-order valence-corrected chi connectivity index (χ2v) is 4.53. The van der Waals surface area contributed by atoms with Gasteiger partial charge >= 0.3 is 5.97 Å². The van der Waals surface area contributed by atoms with Gasteiger partial charge in [-0.05, 0) is 35.7 Å². The molecular formula is C10H15BrO3. The predicted molar refractivity (Wildman–Crippen MR) is 56.1 cm³/mol. The van der Waals surface area contributed by atoms with Crippen molar-refractivity contribution in [2.45, 2.75) is 44.0 Å². The molecule has 1 atom stereocenters. The van der Waals surface area contributed by atoms with Crippen molar-refractivity contribution in [3.63, 3.8) is 0 Å². The number of ether oxygens (including phenoxy) is 1. The molecule has 1 rings (SSSR count). The highest BCUT2D eigenvalue weighted by Gasteiger charge is 2.25. The van der Waals surface area contributed by atoms with Gasteiger partial charge in [-0.3, -0.25) is 9.59 Å². The van der Waals surface area contributed by atoms with Gasteiger partial charge in [0.05, 0.1) is 5.92 Å². The average Bonchev–Trinajstić information content (AvgIpc) is 2.19. The highest BCUT2D eigenvalue weighted by atomic mass is 79.9. The van der Waals surface area contributed by atoms with Crippen LogP contribution in [0.5, 0.6) is 0 Å². The van der Waals surface area contributed by atoms with Gasteiger partial charge in [0.15, 0.2) is 5.78 Å². The zero-order chi connectivity index (χ0) is 10.6. The largest absolute Gasteiger partial charge is 0.442 e. The van der Waals surface area contributed by atoms with Gasteiger partial charge in [0.2, 0.25) is 5.01 Å². The van der Waals surface area contributed by atoms with Crippen LogP contribution in [0.3, 0.4) is 0 Å². The molecule has 0 aliphatic heterocycles. The molecule has 0 aromatic heterocycles. The Bertz CT molecular complexity index is 221. The molecule has 0 heterocycles. The zero-order valence-corrected chi connectivity index (χ0v) is 9.88. The molecule has 1 aliphatic rings. The predicted octanol–water partition coefficient (Wildman–Crippen LogP) is 2.42. The van der Waals surface area contributed by atoms with E-state index < -0.39 is 5.01 Å². The first kappa shape index (κ1) is 11.7. The number of rotatable bonds is 3. The molecular weight excluding hydrogens is 248 g/mol. The smallest absolute Gasteiger partial charge is 0.310 e. The van der Waals surface area contributed by atoms with E-state index in [1.54, 1.807) is 0 Å². The summed E-state index contributed by atoms with van der Waals surface area (Å²) in [4.78, 5) is 22.3. The van der Waals surface area contributed by atoms with E-state index in [0.29, 0.717) is 0 Å². The molecule has 1 aliphatic carbocycles. The molecule has 0 saturated heterocycles. The Labute approximate surface area is 92.3 Å². The standard InChI is InChI=1S/C10H15BrO3/c1-7(12)9(11)14-10(13)8-5-3-2-4-6-8/h8-9H,2-6H2,1H3. The first-order valence-corrected chi connectivity index (χ1v) is 5.88. The van der Waals surface area contributed by atoms with Gasteiger partial charge in [0.1, 0.15) is 0 Å². The van der Waals surface area contributed by atoms with E-state index in [9.17, 15) is 9.59 Å². The number of hydrogen-bond donors (Lipinski definition) is 0. The van der Waals surface area contributed by atoms with Crippen LogP contribution in [0.1, 0.15) is 39.0 Å². The average molecular weight is 263 g/mol.